The van der Waals surface area contributed by atoms with Gasteiger partial charge in [-0.3, -0.25) is 0 Å². The fraction of sp³-hybridized carbons (Fsp3) is 0. The molecular weight excluding hydrogens is 577 g/mol. The van der Waals surface area contributed by atoms with Crippen molar-refractivity contribution in [3.05, 3.63) is 170 Å². The van der Waals surface area contributed by atoms with E-state index in [0.717, 1.165) is 0 Å². The van der Waals surface area contributed by atoms with Crippen molar-refractivity contribution in [2.24, 2.45) is 0 Å². The zero-order valence-electron chi connectivity index (χ0n) is 26.2. The van der Waals surface area contributed by atoms with Gasteiger partial charge in [0.25, 0.3) is 0 Å². The van der Waals surface area contributed by atoms with Crippen LogP contribution in [0, 0.1) is 0 Å². The third kappa shape index (κ3) is 3.44. The molecule has 0 aliphatic rings. The third-order valence-corrected chi connectivity index (χ3v) is 10.8. The van der Waals surface area contributed by atoms with Crippen LogP contribution in [0.5, 0.6) is 0 Å². The minimum absolute atomic E-state index is 1.25. The number of rotatable bonds is 2. The summed E-state index contributed by atoms with van der Waals surface area (Å²) < 4.78 is 0. The van der Waals surface area contributed by atoms with Crippen LogP contribution in [0.15, 0.2) is 170 Å². The van der Waals surface area contributed by atoms with E-state index in [0.29, 0.717) is 0 Å². The van der Waals surface area contributed by atoms with E-state index in [1.165, 1.54) is 108 Å². The first-order valence-electron chi connectivity index (χ1n) is 16.8. The molecule has 48 heavy (non-hydrogen) atoms. The van der Waals surface area contributed by atoms with Crippen molar-refractivity contribution < 1.29 is 0 Å². The molecule has 0 heteroatoms. The van der Waals surface area contributed by atoms with E-state index >= 15 is 0 Å². The maximum atomic E-state index is 2.39. The van der Waals surface area contributed by atoms with Crippen LogP contribution in [0.4, 0.5) is 0 Å². The predicted molar refractivity (Wildman–Crippen MR) is 209 cm³/mol. The van der Waals surface area contributed by atoms with Crippen LogP contribution >= 0.6 is 0 Å². The topological polar surface area (TPSA) is 0 Å². The van der Waals surface area contributed by atoms with Gasteiger partial charge in [-0.1, -0.05) is 164 Å². The quantitative estimate of drug-likeness (QED) is 0.136. The van der Waals surface area contributed by atoms with Crippen molar-refractivity contribution in [2.45, 2.75) is 0 Å². The van der Waals surface area contributed by atoms with E-state index in [4.69, 9.17) is 0 Å². The second kappa shape index (κ2) is 9.64. The lowest BCUT2D eigenvalue weighted by Crippen LogP contribution is -1.93. The third-order valence-electron chi connectivity index (χ3n) is 10.8. The Morgan fingerprint density at radius 3 is 1.40 bits per heavy atom. The summed E-state index contributed by atoms with van der Waals surface area (Å²) in [6.07, 6.45) is 0. The molecule has 0 heterocycles. The molecule has 11 aromatic rings. The van der Waals surface area contributed by atoms with Gasteiger partial charge < -0.3 is 0 Å². The van der Waals surface area contributed by atoms with Gasteiger partial charge in [0, 0.05) is 0 Å². The molecule has 0 spiro atoms. The normalized spacial score (nSPS) is 12.2. The average molecular weight is 605 g/mol. The van der Waals surface area contributed by atoms with Crippen LogP contribution in [0.3, 0.4) is 0 Å². The molecule has 0 bridgehead atoms. The van der Waals surface area contributed by atoms with Crippen molar-refractivity contribution in [3.8, 4) is 22.3 Å². The van der Waals surface area contributed by atoms with Gasteiger partial charge in [0.1, 0.15) is 0 Å². The van der Waals surface area contributed by atoms with Crippen LogP contribution in [-0.2, 0) is 0 Å². The zero-order chi connectivity index (χ0) is 31.3. The molecule has 0 aliphatic carbocycles. The minimum Gasteiger partial charge on any atom is -0.0616 e. The summed E-state index contributed by atoms with van der Waals surface area (Å²) in [5.41, 5.74) is 5.13. The molecule has 0 saturated heterocycles. The van der Waals surface area contributed by atoms with E-state index in [1.807, 2.05) is 0 Å². The summed E-state index contributed by atoms with van der Waals surface area (Å²) in [5.74, 6) is 0. The lowest BCUT2D eigenvalue weighted by atomic mass is 9.82. The zero-order valence-corrected chi connectivity index (χ0v) is 26.2. The predicted octanol–water partition coefficient (Wildman–Crippen LogP) is 13.7. The Morgan fingerprint density at radius 1 is 0.229 bits per heavy atom. The summed E-state index contributed by atoms with van der Waals surface area (Å²) in [6, 6.07) is 63.3. The van der Waals surface area contributed by atoms with Gasteiger partial charge in [0.05, 0.1) is 0 Å². The Kier molecular flexibility index (Phi) is 5.20. The Balaban J connectivity index is 1.25. The highest BCUT2D eigenvalue weighted by Gasteiger charge is 2.20. The van der Waals surface area contributed by atoms with E-state index in [2.05, 4.69) is 170 Å². The molecule has 0 radical (unpaired) electrons. The van der Waals surface area contributed by atoms with Crippen LogP contribution in [0.1, 0.15) is 0 Å². The standard InChI is InChI=1S/C48H28/c1-2-13-33-29(10-1)22-23-31-28-32(24-25-34(31)33)46-35-14-3-5-16-39(35)47(40-17-6-4-15-36(40)46)44-27-26-43-38-19-8-12-30-11-7-18-37(45(30)38)41-20-9-21-42(44)48(41)43/h1-28H. The van der Waals surface area contributed by atoms with E-state index in [9.17, 15) is 0 Å². The first-order valence-corrected chi connectivity index (χ1v) is 16.8. The minimum atomic E-state index is 1.25. The monoisotopic (exact) mass is 604 g/mol. The van der Waals surface area contributed by atoms with Gasteiger partial charge in [-0.05, 0) is 114 Å². The molecule has 0 atom stereocenters. The van der Waals surface area contributed by atoms with Crippen LogP contribution in [-0.4, -0.2) is 0 Å². The van der Waals surface area contributed by atoms with E-state index in [-0.39, 0.29) is 0 Å². The van der Waals surface area contributed by atoms with Gasteiger partial charge >= 0.3 is 0 Å². The highest BCUT2D eigenvalue weighted by molar-refractivity contribution is 6.35. The fourth-order valence-corrected chi connectivity index (χ4v) is 8.76. The molecule has 11 rings (SSSR count). The average Bonchev–Trinajstić information content (AvgIpc) is 3.15. The van der Waals surface area contributed by atoms with Crippen LogP contribution < -0.4 is 0 Å². The lowest BCUT2D eigenvalue weighted by molar-refractivity contribution is 1.69. The smallest absolute Gasteiger partial charge is 0.00201 e. The molecule has 0 saturated carbocycles. The largest absolute Gasteiger partial charge is 0.0616 e. The summed E-state index contributed by atoms with van der Waals surface area (Å²) >= 11 is 0. The number of hydrogen-bond acceptors (Lipinski definition) is 0. The van der Waals surface area contributed by atoms with Crippen molar-refractivity contribution in [1.29, 1.82) is 0 Å². The number of benzene rings is 11. The molecule has 11 aromatic carbocycles. The van der Waals surface area contributed by atoms with Gasteiger partial charge in [-0.25, -0.2) is 0 Å². The lowest BCUT2D eigenvalue weighted by Gasteiger charge is -2.21. The Morgan fingerprint density at radius 2 is 0.688 bits per heavy atom. The van der Waals surface area contributed by atoms with Crippen molar-refractivity contribution in [3.63, 3.8) is 0 Å². The Bertz CT molecular complexity index is 3000. The van der Waals surface area contributed by atoms with Crippen LogP contribution in [0.2, 0.25) is 0 Å². The van der Waals surface area contributed by atoms with Crippen molar-refractivity contribution in [2.75, 3.05) is 0 Å². The van der Waals surface area contributed by atoms with Crippen LogP contribution in [0.25, 0.3) is 108 Å². The number of hydrogen-bond donors (Lipinski definition) is 0. The maximum absolute atomic E-state index is 2.39. The highest BCUT2D eigenvalue weighted by atomic mass is 14.2. The summed E-state index contributed by atoms with van der Waals surface area (Å²) in [5, 5.41) is 20.9. The van der Waals surface area contributed by atoms with Crippen molar-refractivity contribution >= 4 is 86.2 Å². The summed E-state index contributed by atoms with van der Waals surface area (Å²) in [6.45, 7) is 0. The Hall–Kier alpha value is -6.24. The molecule has 0 amide bonds. The van der Waals surface area contributed by atoms with Gasteiger partial charge in [-0.2, -0.15) is 0 Å². The van der Waals surface area contributed by atoms with Gasteiger partial charge in [-0.15, -0.1) is 0 Å². The Labute approximate surface area is 277 Å². The second-order valence-electron chi connectivity index (χ2n) is 13.2. The molecule has 0 unspecified atom stereocenters. The fourth-order valence-electron chi connectivity index (χ4n) is 8.76. The molecule has 0 aromatic heterocycles. The van der Waals surface area contributed by atoms with E-state index < -0.39 is 0 Å². The SMILES string of the molecule is c1ccc2c(c1)ccc1cc(-c3c4ccccc4c(-c4ccc5c6cccc7cccc(c8cccc4c85)c76)c4ccccc34)ccc12. The molecule has 0 fully saturated rings. The highest BCUT2D eigenvalue weighted by Crippen LogP contribution is 2.48. The summed E-state index contributed by atoms with van der Waals surface area (Å²) in [4.78, 5) is 0. The molecule has 0 aliphatic heterocycles. The molecule has 220 valence electrons. The van der Waals surface area contributed by atoms with Gasteiger partial charge in [0.15, 0.2) is 0 Å². The van der Waals surface area contributed by atoms with Crippen molar-refractivity contribution in [1.82, 2.24) is 0 Å². The number of fused-ring (bicyclic) bond motifs is 7. The summed E-state index contributed by atoms with van der Waals surface area (Å²) in [7, 11) is 0. The second-order valence-corrected chi connectivity index (χ2v) is 13.2. The first kappa shape index (κ1) is 25.9. The molecular formula is C48H28. The molecule has 0 N–H and O–H groups in total. The maximum Gasteiger partial charge on any atom is -0.00201 e. The molecule has 0 nitrogen and oxygen atoms in total. The van der Waals surface area contributed by atoms with Gasteiger partial charge in [0.2, 0.25) is 0 Å². The first-order chi connectivity index (χ1) is 23.8. The van der Waals surface area contributed by atoms with E-state index in [1.54, 1.807) is 0 Å².